The zero-order chi connectivity index (χ0) is 7.56. The second kappa shape index (κ2) is 3.30. The van der Waals surface area contributed by atoms with Crippen molar-refractivity contribution in [2.75, 3.05) is 13.7 Å². The topological polar surface area (TPSA) is 58.9 Å². The normalized spacial score (nSPS) is 40.5. The fraction of sp³-hybridized carbons (Fsp3) is 1.00. The van der Waals surface area contributed by atoms with E-state index in [1.807, 2.05) is 0 Å². The van der Waals surface area contributed by atoms with Gasteiger partial charge in [0.1, 0.15) is 6.10 Å². The Kier molecular flexibility index (Phi) is 2.62. The SMILES string of the molecule is COC1CC(O)OC1CO. The summed E-state index contributed by atoms with van der Waals surface area (Å²) >= 11 is 0. The minimum Gasteiger partial charge on any atom is -0.394 e. The summed E-state index contributed by atoms with van der Waals surface area (Å²) in [6.07, 6.45) is -0.857. The van der Waals surface area contributed by atoms with Crippen molar-refractivity contribution in [3.63, 3.8) is 0 Å². The van der Waals surface area contributed by atoms with Crippen LogP contribution >= 0.6 is 0 Å². The summed E-state index contributed by atoms with van der Waals surface area (Å²) in [5.41, 5.74) is 0. The first-order chi connectivity index (χ1) is 4.77. The van der Waals surface area contributed by atoms with Gasteiger partial charge in [-0.3, -0.25) is 0 Å². The fourth-order valence-corrected chi connectivity index (χ4v) is 1.10. The Hall–Kier alpha value is -0.160. The third-order valence-electron chi connectivity index (χ3n) is 1.66. The minimum absolute atomic E-state index is 0.102. The minimum atomic E-state index is -0.776. The molecular formula is C6H12O4. The molecule has 0 aromatic rings. The number of hydrogen-bond acceptors (Lipinski definition) is 4. The van der Waals surface area contributed by atoms with Gasteiger partial charge in [-0.2, -0.15) is 0 Å². The summed E-state index contributed by atoms with van der Waals surface area (Å²) in [7, 11) is 1.54. The molecule has 0 aliphatic carbocycles. The number of rotatable bonds is 2. The van der Waals surface area contributed by atoms with Gasteiger partial charge in [0.05, 0.1) is 12.7 Å². The van der Waals surface area contributed by atoms with Crippen LogP contribution in [0.2, 0.25) is 0 Å². The molecule has 0 amide bonds. The van der Waals surface area contributed by atoms with Crippen LogP contribution in [0.3, 0.4) is 0 Å². The Morgan fingerprint density at radius 1 is 1.70 bits per heavy atom. The zero-order valence-corrected chi connectivity index (χ0v) is 5.86. The molecule has 4 heteroatoms. The van der Waals surface area contributed by atoms with E-state index in [4.69, 9.17) is 19.7 Å². The molecule has 3 atom stereocenters. The highest BCUT2D eigenvalue weighted by molar-refractivity contribution is 4.77. The lowest BCUT2D eigenvalue weighted by Gasteiger charge is -2.12. The van der Waals surface area contributed by atoms with Crippen LogP contribution in [0, 0.1) is 0 Å². The zero-order valence-electron chi connectivity index (χ0n) is 5.86. The van der Waals surface area contributed by atoms with Crippen LogP contribution in [0.25, 0.3) is 0 Å². The van der Waals surface area contributed by atoms with Gasteiger partial charge in [0.2, 0.25) is 0 Å². The highest BCUT2D eigenvalue weighted by atomic mass is 16.6. The Balaban J connectivity index is 2.41. The highest BCUT2D eigenvalue weighted by Crippen LogP contribution is 2.20. The van der Waals surface area contributed by atoms with Gasteiger partial charge in [-0.05, 0) is 0 Å². The Morgan fingerprint density at radius 3 is 2.80 bits per heavy atom. The lowest BCUT2D eigenvalue weighted by Crippen LogP contribution is -2.26. The summed E-state index contributed by atoms with van der Waals surface area (Å²) < 4.78 is 9.83. The predicted molar refractivity (Wildman–Crippen MR) is 33.4 cm³/mol. The summed E-state index contributed by atoms with van der Waals surface area (Å²) in [6, 6.07) is 0. The first-order valence-electron chi connectivity index (χ1n) is 3.25. The molecule has 1 aliphatic heterocycles. The lowest BCUT2D eigenvalue weighted by molar-refractivity contribution is -0.109. The Bertz CT molecular complexity index is 93.9. The quantitative estimate of drug-likeness (QED) is 0.533. The van der Waals surface area contributed by atoms with Crippen LogP contribution in [0.1, 0.15) is 6.42 Å². The molecule has 0 aromatic heterocycles. The maximum Gasteiger partial charge on any atom is 0.157 e. The van der Waals surface area contributed by atoms with Crippen molar-refractivity contribution in [2.45, 2.75) is 24.9 Å². The number of ether oxygens (including phenoxy) is 2. The summed E-state index contributed by atoms with van der Waals surface area (Å²) in [6.45, 7) is -0.102. The van der Waals surface area contributed by atoms with Crippen LogP contribution < -0.4 is 0 Å². The molecule has 4 nitrogen and oxygen atoms in total. The van der Waals surface area contributed by atoms with Gasteiger partial charge < -0.3 is 19.7 Å². The van der Waals surface area contributed by atoms with Crippen LogP contribution in [0.4, 0.5) is 0 Å². The predicted octanol–water partition coefficient (Wildman–Crippen LogP) is -0.899. The maximum absolute atomic E-state index is 8.92. The molecule has 10 heavy (non-hydrogen) atoms. The summed E-state index contributed by atoms with van der Waals surface area (Å²) in [5, 5.41) is 17.6. The van der Waals surface area contributed by atoms with E-state index in [-0.39, 0.29) is 18.8 Å². The molecule has 60 valence electrons. The number of aliphatic hydroxyl groups is 2. The molecule has 1 saturated heterocycles. The summed E-state index contributed by atoms with van der Waals surface area (Å²) in [5.74, 6) is 0. The number of hydrogen-bond donors (Lipinski definition) is 2. The molecule has 1 heterocycles. The Labute approximate surface area is 59.4 Å². The molecule has 0 saturated carbocycles. The van der Waals surface area contributed by atoms with Crippen molar-refractivity contribution in [3.05, 3.63) is 0 Å². The fourth-order valence-electron chi connectivity index (χ4n) is 1.10. The van der Waals surface area contributed by atoms with E-state index in [0.29, 0.717) is 6.42 Å². The maximum atomic E-state index is 8.92. The largest absolute Gasteiger partial charge is 0.394 e. The van der Waals surface area contributed by atoms with Crippen LogP contribution in [0.5, 0.6) is 0 Å². The van der Waals surface area contributed by atoms with Gasteiger partial charge in [0, 0.05) is 13.5 Å². The van der Waals surface area contributed by atoms with Crippen molar-refractivity contribution < 1.29 is 19.7 Å². The van der Waals surface area contributed by atoms with E-state index < -0.39 is 6.29 Å². The van der Waals surface area contributed by atoms with Gasteiger partial charge in [0.25, 0.3) is 0 Å². The second-order valence-corrected chi connectivity index (χ2v) is 2.32. The molecule has 0 spiro atoms. The van der Waals surface area contributed by atoms with Gasteiger partial charge in [0.15, 0.2) is 6.29 Å². The van der Waals surface area contributed by atoms with Crippen molar-refractivity contribution in [3.8, 4) is 0 Å². The van der Waals surface area contributed by atoms with Gasteiger partial charge in [-0.25, -0.2) is 0 Å². The molecule has 0 radical (unpaired) electrons. The first kappa shape index (κ1) is 7.94. The molecule has 0 aromatic carbocycles. The van der Waals surface area contributed by atoms with E-state index in [9.17, 15) is 0 Å². The van der Waals surface area contributed by atoms with E-state index in [1.54, 1.807) is 0 Å². The molecule has 1 fully saturated rings. The number of aliphatic hydroxyl groups excluding tert-OH is 2. The van der Waals surface area contributed by atoms with Crippen molar-refractivity contribution >= 4 is 0 Å². The molecule has 2 N–H and O–H groups in total. The average molecular weight is 148 g/mol. The highest BCUT2D eigenvalue weighted by Gasteiger charge is 2.33. The molecule has 1 aliphatic rings. The third kappa shape index (κ3) is 1.46. The molecule has 3 unspecified atom stereocenters. The van der Waals surface area contributed by atoms with Crippen molar-refractivity contribution in [1.29, 1.82) is 0 Å². The van der Waals surface area contributed by atoms with E-state index in [1.165, 1.54) is 7.11 Å². The van der Waals surface area contributed by atoms with Gasteiger partial charge >= 0.3 is 0 Å². The monoisotopic (exact) mass is 148 g/mol. The second-order valence-electron chi connectivity index (χ2n) is 2.32. The van der Waals surface area contributed by atoms with E-state index in [2.05, 4.69) is 0 Å². The smallest absolute Gasteiger partial charge is 0.157 e. The standard InChI is InChI=1S/C6H12O4/c1-9-4-2-6(8)10-5(4)3-7/h4-8H,2-3H2,1H3. The molecular weight excluding hydrogens is 136 g/mol. The Morgan fingerprint density at radius 2 is 2.40 bits per heavy atom. The number of methoxy groups -OCH3 is 1. The van der Waals surface area contributed by atoms with Crippen molar-refractivity contribution in [1.82, 2.24) is 0 Å². The van der Waals surface area contributed by atoms with Crippen LogP contribution in [0.15, 0.2) is 0 Å². The van der Waals surface area contributed by atoms with Crippen LogP contribution in [-0.4, -0.2) is 42.4 Å². The third-order valence-corrected chi connectivity index (χ3v) is 1.66. The first-order valence-corrected chi connectivity index (χ1v) is 3.25. The van der Waals surface area contributed by atoms with Crippen molar-refractivity contribution in [2.24, 2.45) is 0 Å². The lowest BCUT2D eigenvalue weighted by atomic mass is 10.2. The van der Waals surface area contributed by atoms with Crippen LogP contribution in [-0.2, 0) is 9.47 Å². The molecule has 0 bridgehead atoms. The van der Waals surface area contributed by atoms with E-state index >= 15 is 0 Å². The summed E-state index contributed by atoms with van der Waals surface area (Å²) in [4.78, 5) is 0. The van der Waals surface area contributed by atoms with E-state index in [0.717, 1.165) is 0 Å². The van der Waals surface area contributed by atoms with Gasteiger partial charge in [-0.15, -0.1) is 0 Å². The molecule has 1 rings (SSSR count). The van der Waals surface area contributed by atoms with Gasteiger partial charge in [-0.1, -0.05) is 0 Å². The average Bonchev–Trinajstić information content (AvgIpc) is 2.30.